The van der Waals surface area contributed by atoms with Crippen molar-refractivity contribution in [2.45, 2.75) is 65.0 Å². The van der Waals surface area contributed by atoms with Crippen molar-refractivity contribution in [3.63, 3.8) is 0 Å². The molecule has 19 heavy (non-hydrogen) atoms. The van der Waals surface area contributed by atoms with E-state index in [1.165, 1.54) is 12.8 Å². The first-order chi connectivity index (χ1) is 8.92. The quantitative estimate of drug-likeness (QED) is 0.640. The number of carboxylic acid groups (broad SMARTS) is 1. The molecule has 0 aromatic rings. The van der Waals surface area contributed by atoms with Gasteiger partial charge in [0.25, 0.3) is 0 Å². The highest BCUT2D eigenvalue weighted by molar-refractivity contribution is 5.78. The molecule has 2 unspecified atom stereocenters. The van der Waals surface area contributed by atoms with Gasteiger partial charge in [0, 0.05) is 12.6 Å². The second-order valence-corrected chi connectivity index (χ2v) is 6.16. The Labute approximate surface area is 117 Å². The molecule has 0 amide bonds. The van der Waals surface area contributed by atoms with Crippen molar-refractivity contribution in [3.05, 3.63) is 0 Å². The molecule has 0 radical (unpaired) electrons. The molecule has 0 heterocycles. The molecule has 1 aliphatic rings. The highest BCUT2D eigenvalue weighted by atomic mass is 16.4. The normalized spacial score (nSPS) is 20.3. The average molecular weight is 270 g/mol. The number of carbonyl (C=O) groups is 1. The lowest BCUT2D eigenvalue weighted by molar-refractivity contribution is -0.145. The van der Waals surface area contributed by atoms with Gasteiger partial charge in [-0.3, -0.25) is 4.79 Å². The van der Waals surface area contributed by atoms with E-state index in [-0.39, 0.29) is 0 Å². The Morgan fingerprint density at radius 1 is 1.47 bits per heavy atom. The Hall–Kier alpha value is -0.610. The summed E-state index contributed by atoms with van der Waals surface area (Å²) in [4.78, 5) is 13.9. The third-order valence-corrected chi connectivity index (χ3v) is 4.07. The molecule has 0 spiro atoms. The van der Waals surface area contributed by atoms with E-state index in [2.05, 4.69) is 24.1 Å². The van der Waals surface area contributed by atoms with Gasteiger partial charge in [0.05, 0.1) is 0 Å². The fraction of sp³-hybridized carbons (Fsp3) is 0.933. The van der Waals surface area contributed by atoms with Crippen LogP contribution in [0.4, 0.5) is 0 Å². The van der Waals surface area contributed by atoms with E-state index in [0.29, 0.717) is 19.0 Å². The summed E-state index contributed by atoms with van der Waals surface area (Å²) in [5, 5.41) is 12.6. The molecule has 1 aliphatic carbocycles. The summed E-state index contributed by atoms with van der Waals surface area (Å²) in [6.07, 6.45) is 4.47. The van der Waals surface area contributed by atoms with Crippen molar-refractivity contribution >= 4 is 5.97 Å². The third-order valence-electron chi connectivity index (χ3n) is 4.07. The minimum absolute atomic E-state index is 0.306. The minimum Gasteiger partial charge on any atom is -0.480 e. The lowest BCUT2D eigenvalue weighted by atomic mass is 9.92. The maximum absolute atomic E-state index is 11.5. The van der Waals surface area contributed by atoms with Gasteiger partial charge >= 0.3 is 5.97 Å². The molecule has 1 saturated carbocycles. The van der Waals surface area contributed by atoms with Gasteiger partial charge in [0.2, 0.25) is 0 Å². The number of rotatable bonds is 10. The Kier molecular flexibility index (Phi) is 6.27. The predicted molar refractivity (Wildman–Crippen MR) is 78.4 cm³/mol. The highest BCUT2D eigenvalue weighted by Crippen LogP contribution is 2.31. The Bertz CT molecular complexity index is 292. The molecular weight excluding hydrogens is 240 g/mol. The SMILES string of the molecule is CCCN(CC1CC1)C(C)CC(C)(NCC)C(=O)O. The summed E-state index contributed by atoms with van der Waals surface area (Å²) in [5.74, 6) is 0.105. The number of hydrogen-bond donors (Lipinski definition) is 2. The number of nitrogens with one attached hydrogen (secondary N) is 1. The molecule has 0 aliphatic heterocycles. The molecule has 2 N–H and O–H groups in total. The maximum atomic E-state index is 11.5. The lowest BCUT2D eigenvalue weighted by Crippen LogP contribution is -2.53. The van der Waals surface area contributed by atoms with E-state index in [9.17, 15) is 9.90 Å². The van der Waals surface area contributed by atoms with E-state index in [1.54, 1.807) is 6.92 Å². The Morgan fingerprint density at radius 2 is 2.11 bits per heavy atom. The van der Waals surface area contributed by atoms with Crippen LogP contribution in [-0.2, 0) is 4.79 Å². The van der Waals surface area contributed by atoms with Crippen molar-refractivity contribution in [1.29, 1.82) is 0 Å². The zero-order valence-electron chi connectivity index (χ0n) is 12.9. The van der Waals surface area contributed by atoms with Crippen LogP contribution >= 0.6 is 0 Å². The van der Waals surface area contributed by atoms with Gasteiger partial charge in [-0.1, -0.05) is 13.8 Å². The van der Waals surface area contributed by atoms with Gasteiger partial charge in [-0.2, -0.15) is 0 Å². The summed E-state index contributed by atoms with van der Waals surface area (Å²) >= 11 is 0. The summed E-state index contributed by atoms with van der Waals surface area (Å²) in [5.41, 5.74) is -0.816. The molecular formula is C15H30N2O2. The van der Waals surface area contributed by atoms with Gasteiger partial charge in [0.1, 0.15) is 5.54 Å². The fourth-order valence-corrected chi connectivity index (χ4v) is 2.76. The van der Waals surface area contributed by atoms with Crippen LogP contribution < -0.4 is 5.32 Å². The summed E-state index contributed by atoms with van der Waals surface area (Å²) in [6, 6.07) is 0.306. The van der Waals surface area contributed by atoms with E-state index in [1.807, 2.05) is 6.92 Å². The van der Waals surface area contributed by atoms with E-state index in [4.69, 9.17) is 0 Å². The summed E-state index contributed by atoms with van der Waals surface area (Å²) < 4.78 is 0. The van der Waals surface area contributed by atoms with Gasteiger partial charge in [-0.25, -0.2) is 0 Å². The molecule has 0 saturated heterocycles. The number of nitrogens with zero attached hydrogens (tertiary/aromatic N) is 1. The van der Waals surface area contributed by atoms with Crippen LogP contribution in [0.3, 0.4) is 0 Å². The van der Waals surface area contributed by atoms with E-state index >= 15 is 0 Å². The average Bonchev–Trinajstić information content (AvgIpc) is 3.12. The Morgan fingerprint density at radius 3 is 2.53 bits per heavy atom. The number of hydrogen-bond acceptors (Lipinski definition) is 3. The molecule has 0 bridgehead atoms. The minimum atomic E-state index is -0.816. The van der Waals surface area contributed by atoms with Crippen LogP contribution in [0.2, 0.25) is 0 Å². The zero-order chi connectivity index (χ0) is 14.5. The monoisotopic (exact) mass is 270 g/mol. The van der Waals surface area contributed by atoms with Crippen LogP contribution in [-0.4, -0.2) is 47.2 Å². The first kappa shape index (κ1) is 16.4. The standard InChI is InChI=1S/C15H30N2O2/c1-5-9-17(11-13-7-8-13)12(3)10-15(4,14(18)19)16-6-2/h12-13,16H,5-11H2,1-4H3,(H,18,19). The van der Waals surface area contributed by atoms with Crippen LogP contribution in [0.15, 0.2) is 0 Å². The van der Waals surface area contributed by atoms with Crippen molar-refractivity contribution in [3.8, 4) is 0 Å². The largest absolute Gasteiger partial charge is 0.480 e. The highest BCUT2D eigenvalue weighted by Gasteiger charge is 2.36. The number of likely N-dealkylation sites (N-methyl/N-ethyl adjacent to an activating group) is 1. The molecule has 112 valence electrons. The van der Waals surface area contributed by atoms with Gasteiger partial charge in [-0.15, -0.1) is 0 Å². The molecule has 1 rings (SSSR count). The van der Waals surface area contributed by atoms with Gasteiger partial charge in [-0.05, 0) is 58.5 Å². The number of aliphatic carboxylic acids is 1. The van der Waals surface area contributed by atoms with Crippen molar-refractivity contribution in [1.82, 2.24) is 10.2 Å². The van der Waals surface area contributed by atoms with Crippen LogP contribution in [0.1, 0.15) is 53.4 Å². The smallest absolute Gasteiger partial charge is 0.323 e. The van der Waals surface area contributed by atoms with Crippen LogP contribution in [0, 0.1) is 5.92 Å². The molecule has 4 nitrogen and oxygen atoms in total. The van der Waals surface area contributed by atoms with Crippen molar-refractivity contribution in [2.24, 2.45) is 5.92 Å². The molecule has 4 heteroatoms. The van der Waals surface area contributed by atoms with Crippen molar-refractivity contribution < 1.29 is 9.90 Å². The summed E-state index contributed by atoms with van der Waals surface area (Å²) in [6.45, 7) is 11.0. The second-order valence-electron chi connectivity index (χ2n) is 6.16. The molecule has 1 fully saturated rings. The first-order valence-corrected chi connectivity index (χ1v) is 7.65. The topological polar surface area (TPSA) is 52.6 Å². The maximum Gasteiger partial charge on any atom is 0.323 e. The van der Waals surface area contributed by atoms with Gasteiger partial charge in [0.15, 0.2) is 0 Å². The first-order valence-electron chi connectivity index (χ1n) is 7.65. The van der Waals surface area contributed by atoms with Crippen LogP contribution in [0.25, 0.3) is 0 Å². The number of carboxylic acids is 1. The van der Waals surface area contributed by atoms with E-state index < -0.39 is 11.5 Å². The van der Waals surface area contributed by atoms with Crippen molar-refractivity contribution in [2.75, 3.05) is 19.6 Å². The molecule has 2 atom stereocenters. The molecule has 0 aromatic carbocycles. The third kappa shape index (κ3) is 5.11. The fourth-order valence-electron chi connectivity index (χ4n) is 2.76. The predicted octanol–water partition coefficient (Wildman–Crippen LogP) is 2.34. The summed E-state index contributed by atoms with van der Waals surface area (Å²) in [7, 11) is 0. The molecule has 0 aromatic heterocycles. The van der Waals surface area contributed by atoms with E-state index in [0.717, 1.165) is 25.4 Å². The second kappa shape index (κ2) is 7.25. The Balaban J connectivity index is 2.60. The van der Waals surface area contributed by atoms with Crippen LogP contribution in [0.5, 0.6) is 0 Å². The zero-order valence-corrected chi connectivity index (χ0v) is 12.9. The lowest BCUT2D eigenvalue weighted by Gasteiger charge is -2.35. The van der Waals surface area contributed by atoms with Gasteiger partial charge < -0.3 is 15.3 Å².